The monoisotopic (exact) mass is 355 g/mol. The maximum atomic E-state index is 10.4. The molecule has 1 aliphatic carbocycles. The highest BCUT2D eigenvalue weighted by atomic mass is 16.5. The van der Waals surface area contributed by atoms with Gasteiger partial charge in [0.15, 0.2) is 0 Å². The second-order valence-electron chi connectivity index (χ2n) is 7.56. The number of nitrogens with one attached hydrogen (secondary N) is 1. The third-order valence-corrected chi connectivity index (χ3v) is 5.52. The third-order valence-electron chi connectivity index (χ3n) is 5.52. The molecule has 1 aromatic heterocycles. The zero-order valence-corrected chi connectivity index (χ0v) is 15.4. The van der Waals surface area contributed by atoms with Crippen molar-refractivity contribution in [3.8, 4) is 0 Å². The SMILES string of the molecule is O[C@H](COCc1ccccc1)CN1CCCC1c1nc2c([nH]1)CCCC2. The Balaban J connectivity index is 1.30. The van der Waals surface area contributed by atoms with Crippen LogP contribution in [-0.4, -0.2) is 45.8 Å². The van der Waals surface area contributed by atoms with Crippen molar-refractivity contribution < 1.29 is 9.84 Å². The topological polar surface area (TPSA) is 61.4 Å². The molecule has 0 spiro atoms. The van der Waals surface area contributed by atoms with Gasteiger partial charge in [-0.2, -0.15) is 0 Å². The molecule has 1 aliphatic heterocycles. The van der Waals surface area contributed by atoms with Crippen molar-refractivity contribution in [2.75, 3.05) is 19.7 Å². The summed E-state index contributed by atoms with van der Waals surface area (Å²) in [6, 6.07) is 10.4. The molecule has 140 valence electrons. The number of ether oxygens (including phenoxy) is 1. The van der Waals surface area contributed by atoms with Crippen LogP contribution in [-0.2, 0) is 24.2 Å². The number of hydrogen-bond donors (Lipinski definition) is 2. The fourth-order valence-electron chi connectivity index (χ4n) is 4.20. The first kappa shape index (κ1) is 17.7. The van der Waals surface area contributed by atoms with Crippen LogP contribution >= 0.6 is 0 Å². The molecule has 2 heterocycles. The van der Waals surface area contributed by atoms with E-state index in [-0.39, 0.29) is 0 Å². The van der Waals surface area contributed by atoms with Crippen LogP contribution in [0.3, 0.4) is 0 Å². The first-order valence-corrected chi connectivity index (χ1v) is 9.91. The standard InChI is InChI=1S/C21H29N3O2/c25-17(15-26-14-16-7-2-1-3-8-16)13-24-12-6-11-20(24)21-22-18-9-4-5-10-19(18)23-21/h1-3,7-8,17,20,25H,4-6,9-15H2,(H,22,23)/t17-,20?/m0/s1. The van der Waals surface area contributed by atoms with Gasteiger partial charge in [0.05, 0.1) is 31.1 Å². The zero-order chi connectivity index (χ0) is 17.8. The highest BCUT2D eigenvalue weighted by Crippen LogP contribution is 2.32. The number of nitrogens with zero attached hydrogens (tertiary/aromatic N) is 2. The summed E-state index contributed by atoms with van der Waals surface area (Å²) in [6.07, 6.45) is 6.56. The van der Waals surface area contributed by atoms with Gasteiger partial charge in [0, 0.05) is 12.2 Å². The molecular weight excluding hydrogens is 326 g/mol. The molecule has 1 saturated heterocycles. The molecule has 0 amide bonds. The van der Waals surface area contributed by atoms with Crippen molar-refractivity contribution in [3.05, 3.63) is 53.1 Å². The molecule has 1 fully saturated rings. The number of H-pyrrole nitrogens is 1. The van der Waals surface area contributed by atoms with Gasteiger partial charge in [-0.3, -0.25) is 4.90 Å². The van der Waals surface area contributed by atoms with Crippen LogP contribution in [0.1, 0.15) is 54.5 Å². The molecule has 1 unspecified atom stereocenters. The highest BCUT2D eigenvalue weighted by molar-refractivity contribution is 5.19. The van der Waals surface area contributed by atoms with E-state index in [1.54, 1.807) is 0 Å². The van der Waals surface area contributed by atoms with E-state index in [4.69, 9.17) is 9.72 Å². The first-order chi connectivity index (χ1) is 12.8. The molecule has 5 nitrogen and oxygen atoms in total. The predicted molar refractivity (Wildman–Crippen MR) is 101 cm³/mol. The summed E-state index contributed by atoms with van der Waals surface area (Å²) in [6.45, 7) is 2.58. The molecule has 2 atom stereocenters. The van der Waals surface area contributed by atoms with E-state index in [2.05, 4.69) is 9.88 Å². The maximum Gasteiger partial charge on any atom is 0.124 e. The number of aliphatic hydroxyl groups is 1. The highest BCUT2D eigenvalue weighted by Gasteiger charge is 2.30. The second kappa shape index (κ2) is 8.33. The van der Waals surface area contributed by atoms with Crippen LogP contribution in [0, 0.1) is 0 Å². The number of imidazole rings is 1. The molecule has 0 saturated carbocycles. The van der Waals surface area contributed by atoms with E-state index < -0.39 is 6.10 Å². The lowest BCUT2D eigenvalue weighted by Crippen LogP contribution is -2.35. The van der Waals surface area contributed by atoms with Gasteiger partial charge in [0.2, 0.25) is 0 Å². The minimum atomic E-state index is -0.469. The minimum Gasteiger partial charge on any atom is -0.389 e. The van der Waals surface area contributed by atoms with Crippen LogP contribution in [0.15, 0.2) is 30.3 Å². The van der Waals surface area contributed by atoms with Gasteiger partial charge in [0.25, 0.3) is 0 Å². The molecule has 0 radical (unpaired) electrons. The summed E-state index contributed by atoms with van der Waals surface area (Å²) in [4.78, 5) is 10.8. The van der Waals surface area contributed by atoms with E-state index in [1.807, 2.05) is 30.3 Å². The van der Waals surface area contributed by atoms with Crippen molar-refractivity contribution in [1.29, 1.82) is 0 Å². The number of rotatable bonds is 7. The van der Waals surface area contributed by atoms with Gasteiger partial charge in [-0.15, -0.1) is 0 Å². The summed E-state index contributed by atoms with van der Waals surface area (Å²) in [5.41, 5.74) is 3.75. The number of likely N-dealkylation sites (tertiary alicyclic amines) is 1. The smallest absolute Gasteiger partial charge is 0.124 e. The fraction of sp³-hybridized carbons (Fsp3) is 0.571. The number of aromatic amines is 1. The van der Waals surface area contributed by atoms with Crippen molar-refractivity contribution in [3.63, 3.8) is 0 Å². The molecule has 26 heavy (non-hydrogen) atoms. The van der Waals surface area contributed by atoms with Gasteiger partial charge in [-0.25, -0.2) is 4.98 Å². The summed E-state index contributed by atoms with van der Waals surface area (Å²) in [5, 5.41) is 10.4. The van der Waals surface area contributed by atoms with Crippen molar-refractivity contribution in [2.24, 2.45) is 0 Å². The lowest BCUT2D eigenvalue weighted by atomic mass is 10.0. The molecule has 1 aromatic carbocycles. The number of hydrogen-bond acceptors (Lipinski definition) is 4. The van der Waals surface area contributed by atoms with E-state index >= 15 is 0 Å². The lowest BCUT2D eigenvalue weighted by Gasteiger charge is -2.25. The Morgan fingerprint density at radius 3 is 2.88 bits per heavy atom. The Morgan fingerprint density at radius 2 is 2.04 bits per heavy atom. The molecule has 2 N–H and O–H groups in total. The first-order valence-electron chi connectivity index (χ1n) is 9.91. The van der Waals surface area contributed by atoms with Gasteiger partial charge in [0.1, 0.15) is 5.82 Å². The van der Waals surface area contributed by atoms with Crippen molar-refractivity contribution >= 4 is 0 Å². The van der Waals surface area contributed by atoms with Gasteiger partial charge >= 0.3 is 0 Å². The van der Waals surface area contributed by atoms with E-state index in [9.17, 15) is 5.11 Å². The van der Waals surface area contributed by atoms with E-state index in [0.717, 1.165) is 43.6 Å². The van der Waals surface area contributed by atoms with E-state index in [0.29, 0.717) is 25.8 Å². The van der Waals surface area contributed by atoms with Gasteiger partial charge in [-0.1, -0.05) is 30.3 Å². The summed E-state index contributed by atoms with van der Waals surface area (Å²) >= 11 is 0. The van der Waals surface area contributed by atoms with E-state index in [1.165, 1.54) is 24.2 Å². The van der Waals surface area contributed by atoms with Crippen molar-refractivity contribution in [2.45, 2.75) is 57.3 Å². The van der Waals surface area contributed by atoms with Crippen LogP contribution < -0.4 is 0 Å². The Morgan fingerprint density at radius 1 is 1.19 bits per heavy atom. The molecule has 5 heteroatoms. The number of benzene rings is 1. The number of aliphatic hydroxyl groups excluding tert-OH is 1. The fourth-order valence-corrected chi connectivity index (χ4v) is 4.20. The average Bonchev–Trinajstić information content (AvgIpc) is 3.28. The summed E-state index contributed by atoms with van der Waals surface area (Å²) in [7, 11) is 0. The average molecular weight is 355 g/mol. The second-order valence-corrected chi connectivity index (χ2v) is 7.56. The minimum absolute atomic E-state index is 0.310. The number of fused-ring (bicyclic) bond motifs is 1. The largest absolute Gasteiger partial charge is 0.389 e. The Kier molecular flexibility index (Phi) is 5.68. The quantitative estimate of drug-likeness (QED) is 0.801. The summed E-state index contributed by atoms with van der Waals surface area (Å²) in [5.74, 6) is 1.10. The van der Waals surface area contributed by atoms with Crippen LogP contribution in [0.2, 0.25) is 0 Å². The Bertz CT molecular complexity index is 677. The van der Waals surface area contributed by atoms with Crippen LogP contribution in [0.4, 0.5) is 0 Å². The number of aryl methyl sites for hydroxylation is 2. The Hall–Kier alpha value is -1.69. The third kappa shape index (κ3) is 4.17. The van der Waals surface area contributed by atoms with Crippen LogP contribution in [0.25, 0.3) is 0 Å². The Labute approximate surface area is 155 Å². The van der Waals surface area contributed by atoms with Crippen LogP contribution in [0.5, 0.6) is 0 Å². The zero-order valence-electron chi connectivity index (χ0n) is 15.4. The summed E-state index contributed by atoms with van der Waals surface area (Å²) < 4.78 is 5.70. The maximum absolute atomic E-state index is 10.4. The van der Waals surface area contributed by atoms with Gasteiger partial charge in [-0.05, 0) is 50.6 Å². The molecule has 0 bridgehead atoms. The molecule has 2 aliphatic rings. The lowest BCUT2D eigenvalue weighted by molar-refractivity contribution is 0.00726. The predicted octanol–water partition coefficient (Wildman–Crippen LogP) is 3.00. The normalized spacial score (nSPS) is 21.7. The molecule has 2 aromatic rings. The number of aromatic nitrogens is 2. The van der Waals surface area contributed by atoms with Gasteiger partial charge < -0.3 is 14.8 Å². The molecule has 4 rings (SSSR count). The molecular formula is C21H29N3O2. The number of β-amino-alcohol motifs (C(OH)–C–C–N with tert-alkyl or cyclic N) is 1. The van der Waals surface area contributed by atoms with Crippen molar-refractivity contribution in [1.82, 2.24) is 14.9 Å².